The first-order valence-corrected chi connectivity index (χ1v) is 8.19. The van der Waals surface area contributed by atoms with E-state index in [-0.39, 0.29) is 25.0 Å². The first-order valence-electron chi connectivity index (χ1n) is 4.97. The van der Waals surface area contributed by atoms with Crippen LogP contribution in [-0.4, -0.2) is 41.5 Å². The Balaban J connectivity index is 5.08. The molecule has 1 atom stereocenters. The van der Waals surface area contributed by atoms with Crippen molar-refractivity contribution in [1.82, 2.24) is 0 Å². The summed E-state index contributed by atoms with van der Waals surface area (Å²) in [6.45, 7) is 1.50. The van der Waals surface area contributed by atoms with Crippen LogP contribution in [0.15, 0.2) is 0 Å². The Hall–Kier alpha value is -0.110. The van der Waals surface area contributed by atoms with Crippen molar-refractivity contribution in [3.63, 3.8) is 0 Å². The average molecular weight is 304 g/mol. The van der Waals surface area contributed by atoms with Gasteiger partial charge < -0.3 is 35.8 Å². The molecule has 108 valence electrons. The second-order valence-corrected chi connectivity index (χ2v) is 7.95. The zero-order valence-corrected chi connectivity index (χ0v) is 11.5. The fraction of sp³-hybridized carbons (Fsp3) is 0.857. The third-order valence-corrected chi connectivity index (χ3v) is 6.36. The highest BCUT2D eigenvalue weighted by molar-refractivity contribution is 7.72. The van der Waals surface area contributed by atoms with Crippen LogP contribution in [0.25, 0.3) is 0 Å². The summed E-state index contributed by atoms with van der Waals surface area (Å²) in [5, 5.41) is 13.2. The van der Waals surface area contributed by atoms with Crippen molar-refractivity contribution in [3.05, 3.63) is 0 Å². The van der Waals surface area contributed by atoms with Crippen LogP contribution in [-0.2, 0) is 9.13 Å². The van der Waals surface area contributed by atoms with Crippen LogP contribution in [0.2, 0.25) is 0 Å². The second-order valence-electron chi connectivity index (χ2n) is 4.05. The molecule has 0 spiro atoms. The van der Waals surface area contributed by atoms with E-state index in [9.17, 15) is 14.2 Å². The molecule has 0 bridgehead atoms. The molecule has 0 radical (unpaired) electrons. The van der Waals surface area contributed by atoms with Gasteiger partial charge in [-0.05, 0) is 26.2 Å². The van der Waals surface area contributed by atoms with Crippen LogP contribution in [0, 0.1) is 5.41 Å². The van der Waals surface area contributed by atoms with Gasteiger partial charge in [-0.15, -0.1) is 0 Å². The summed E-state index contributed by atoms with van der Waals surface area (Å²) in [5.41, 5.74) is 5.60. The number of nitrogens with one attached hydrogen (secondary N) is 1. The Labute approximate surface area is 104 Å². The highest BCUT2D eigenvalue weighted by Gasteiger charge is 2.62. The zero-order valence-electron chi connectivity index (χ0n) is 9.72. The molecule has 8 N–H and O–H groups in total. The maximum absolute atomic E-state index is 11.1. The molecule has 0 aromatic heterocycles. The fourth-order valence-electron chi connectivity index (χ4n) is 1.38. The number of hydrogen-bond donors (Lipinski definition) is 7. The van der Waals surface area contributed by atoms with Crippen molar-refractivity contribution in [3.8, 4) is 0 Å². The quantitative estimate of drug-likeness (QED) is 0.243. The minimum atomic E-state index is -5.52. The van der Waals surface area contributed by atoms with Crippen molar-refractivity contribution >= 4 is 20.9 Å². The van der Waals surface area contributed by atoms with Gasteiger partial charge in [0.25, 0.3) is 5.08 Å². The molecule has 0 aliphatic heterocycles. The number of nitrogens with two attached hydrogens (primary N) is 1. The van der Waals surface area contributed by atoms with Crippen molar-refractivity contribution < 1.29 is 33.8 Å². The summed E-state index contributed by atoms with van der Waals surface area (Å²) < 4.78 is 22.1. The van der Waals surface area contributed by atoms with Gasteiger partial charge in [0.05, 0.1) is 6.04 Å². The van der Waals surface area contributed by atoms with Crippen LogP contribution in [0.5, 0.6) is 0 Å². The molecule has 11 heteroatoms. The van der Waals surface area contributed by atoms with Crippen LogP contribution >= 0.6 is 15.2 Å². The molecule has 0 fully saturated rings. The molecule has 0 rings (SSSR count). The van der Waals surface area contributed by atoms with Crippen molar-refractivity contribution in [1.29, 1.82) is 5.41 Å². The lowest BCUT2D eigenvalue weighted by Crippen LogP contribution is -2.47. The fourth-order valence-corrected chi connectivity index (χ4v) is 3.86. The predicted molar refractivity (Wildman–Crippen MR) is 64.3 cm³/mol. The summed E-state index contributed by atoms with van der Waals surface area (Å²) >= 11 is 0. The normalized spacial score (nSPS) is 15.5. The second kappa shape index (κ2) is 5.90. The standard InChI is InChI=1S/C7H18N2O7P2/c1-5(8)3-2-4-6(9)7(10,17(11,12)13)18(14,15)16/h6,8,10H,2-4,9H2,1H3,(H2,11,12,13)(H2,14,15,16). The Morgan fingerprint density at radius 2 is 1.67 bits per heavy atom. The maximum atomic E-state index is 11.1. The topological polar surface area (TPSA) is 185 Å². The average Bonchev–Trinajstić information content (AvgIpc) is 2.11. The number of hydrogen-bond acceptors (Lipinski definition) is 5. The van der Waals surface area contributed by atoms with E-state index in [0.717, 1.165) is 0 Å². The summed E-state index contributed by atoms with van der Waals surface area (Å²) in [6, 6.07) is -1.79. The number of rotatable bonds is 7. The van der Waals surface area contributed by atoms with E-state index in [4.69, 9.17) is 30.7 Å². The predicted octanol–water partition coefficient (Wildman–Crippen LogP) is -0.475. The van der Waals surface area contributed by atoms with Crippen molar-refractivity contribution in [2.24, 2.45) is 5.73 Å². The Morgan fingerprint density at radius 3 is 1.94 bits per heavy atom. The summed E-state index contributed by atoms with van der Waals surface area (Å²) in [4.78, 5) is 35.6. The SMILES string of the molecule is CC(=N)CCCC(N)C(O)(P(=O)(O)O)P(=O)(O)O. The van der Waals surface area contributed by atoms with Crippen LogP contribution in [0.3, 0.4) is 0 Å². The maximum Gasteiger partial charge on any atom is 0.371 e. The minimum absolute atomic E-state index is 0.179. The van der Waals surface area contributed by atoms with Gasteiger partial charge in [0.1, 0.15) is 0 Å². The van der Waals surface area contributed by atoms with E-state index in [1.807, 2.05) is 0 Å². The van der Waals surface area contributed by atoms with Gasteiger partial charge in [-0.2, -0.15) is 0 Å². The van der Waals surface area contributed by atoms with Gasteiger partial charge in [0, 0.05) is 5.71 Å². The third kappa shape index (κ3) is 3.94. The molecule has 0 saturated carbocycles. The first kappa shape index (κ1) is 17.9. The largest absolute Gasteiger partial charge is 0.371 e. The molecular formula is C7H18N2O7P2. The Kier molecular flexibility index (Phi) is 5.86. The molecule has 0 aromatic rings. The smallest absolute Gasteiger partial charge is 0.366 e. The van der Waals surface area contributed by atoms with Gasteiger partial charge in [-0.1, -0.05) is 0 Å². The molecule has 9 nitrogen and oxygen atoms in total. The monoisotopic (exact) mass is 304 g/mol. The van der Waals surface area contributed by atoms with Crippen LogP contribution in [0.1, 0.15) is 26.2 Å². The molecule has 0 aliphatic carbocycles. The minimum Gasteiger partial charge on any atom is -0.366 e. The van der Waals surface area contributed by atoms with Gasteiger partial charge in [-0.25, -0.2) is 0 Å². The molecule has 18 heavy (non-hydrogen) atoms. The van der Waals surface area contributed by atoms with E-state index in [2.05, 4.69) is 0 Å². The van der Waals surface area contributed by atoms with E-state index >= 15 is 0 Å². The molecule has 0 saturated heterocycles. The lowest BCUT2D eigenvalue weighted by atomic mass is 10.1. The van der Waals surface area contributed by atoms with E-state index in [1.165, 1.54) is 6.92 Å². The highest BCUT2D eigenvalue weighted by Crippen LogP contribution is 2.68. The van der Waals surface area contributed by atoms with Crippen LogP contribution < -0.4 is 5.73 Å². The summed E-state index contributed by atoms with van der Waals surface area (Å²) in [7, 11) is -11.0. The number of aliphatic hydroxyl groups is 1. The van der Waals surface area contributed by atoms with Crippen molar-refractivity contribution in [2.75, 3.05) is 0 Å². The zero-order chi connectivity index (χ0) is 14.8. The van der Waals surface area contributed by atoms with E-state index < -0.39 is 26.3 Å². The molecule has 0 aliphatic rings. The van der Waals surface area contributed by atoms with E-state index in [1.54, 1.807) is 0 Å². The molecule has 1 unspecified atom stereocenters. The third-order valence-electron chi connectivity index (χ3n) is 2.42. The molecule has 0 amide bonds. The first-order chi connectivity index (χ1) is 7.84. The summed E-state index contributed by atoms with van der Waals surface area (Å²) in [5.74, 6) is 0. The molecule has 0 aromatic carbocycles. The van der Waals surface area contributed by atoms with Gasteiger partial charge in [0.15, 0.2) is 0 Å². The van der Waals surface area contributed by atoms with Gasteiger partial charge in [0.2, 0.25) is 0 Å². The van der Waals surface area contributed by atoms with Crippen LogP contribution in [0.4, 0.5) is 0 Å². The molecular weight excluding hydrogens is 286 g/mol. The van der Waals surface area contributed by atoms with E-state index in [0.29, 0.717) is 0 Å². The molecule has 0 heterocycles. The van der Waals surface area contributed by atoms with Gasteiger partial charge >= 0.3 is 15.2 Å². The Bertz CT molecular complexity index is 379. The summed E-state index contributed by atoms with van der Waals surface area (Å²) in [6.07, 6.45) is 0.202. The van der Waals surface area contributed by atoms with Gasteiger partial charge in [-0.3, -0.25) is 9.13 Å². The lowest BCUT2D eigenvalue weighted by molar-refractivity contribution is 0.104. The lowest BCUT2D eigenvalue weighted by Gasteiger charge is -2.34. The Morgan fingerprint density at radius 1 is 1.28 bits per heavy atom. The van der Waals surface area contributed by atoms with Crippen molar-refractivity contribution in [2.45, 2.75) is 37.3 Å². The highest BCUT2D eigenvalue weighted by atomic mass is 31.2.